The molecule has 6 heteroatoms. The van der Waals surface area contributed by atoms with Gasteiger partial charge in [0.05, 0.1) is 0 Å². The lowest BCUT2D eigenvalue weighted by Crippen LogP contribution is -2.40. The fraction of sp³-hybridized carbons (Fsp3) is 0.429. The molecule has 0 fully saturated rings. The maximum atomic E-state index is 11.8. The SMILES string of the molecule is CC(Cc1ccsc1)NCc1cc(=O)n(C)c(=O)n1C. The highest BCUT2D eigenvalue weighted by Gasteiger charge is 2.08. The molecule has 0 aliphatic rings. The highest BCUT2D eigenvalue weighted by Crippen LogP contribution is 2.08. The Labute approximate surface area is 121 Å². The molecule has 1 unspecified atom stereocenters. The molecule has 20 heavy (non-hydrogen) atoms. The zero-order valence-corrected chi connectivity index (χ0v) is 12.7. The van der Waals surface area contributed by atoms with Crippen molar-refractivity contribution < 1.29 is 0 Å². The summed E-state index contributed by atoms with van der Waals surface area (Å²) in [5.74, 6) is 0. The first-order valence-electron chi connectivity index (χ1n) is 6.49. The summed E-state index contributed by atoms with van der Waals surface area (Å²) in [6, 6.07) is 3.89. The number of nitrogens with one attached hydrogen (secondary N) is 1. The summed E-state index contributed by atoms with van der Waals surface area (Å²) in [5, 5.41) is 7.54. The van der Waals surface area contributed by atoms with E-state index in [4.69, 9.17) is 0 Å². The van der Waals surface area contributed by atoms with Gasteiger partial charge in [-0.1, -0.05) is 0 Å². The summed E-state index contributed by atoms with van der Waals surface area (Å²) in [6.07, 6.45) is 0.933. The van der Waals surface area contributed by atoms with Crippen molar-refractivity contribution in [3.8, 4) is 0 Å². The lowest BCUT2D eigenvalue weighted by Gasteiger charge is -2.15. The van der Waals surface area contributed by atoms with Crippen LogP contribution in [0.4, 0.5) is 0 Å². The van der Waals surface area contributed by atoms with Crippen molar-refractivity contribution in [3.05, 3.63) is 55.0 Å². The van der Waals surface area contributed by atoms with Crippen molar-refractivity contribution in [2.45, 2.75) is 25.9 Å². The van der Waals surface area contributed by atoms with E-state index < -0.39 is 0 Å². The first-order valence-corrected chi connectivity index (χ1v) is 7.43. The van der Waals surface area contributed by atoms with E-state index in [2.05, 4.69) is 29.1 Å². The molecule has 0 radical (unpaired) electrons. The summed E-state index contributed by atoms with van der Waals surface area (Å²) >= 11 is 1.69. The van der Waals surface area contributed by atoms with Gasteiger partial charge in [0.2, 0.25) is 0 Å². The fourth-order valence-corrected chi connectivity index (χ4v) is 2.74. The topological polar surface area (TPSA) is 56.0 Å². The van der Waals surface area contributed by atoms with Crippen molar-refractivity contribution in [2.24, 2.45) is 14.1 Å². The molecule has 1 atom stereocenters. The maximum absolute atomic E-state index is 11.8. The molecular formula is C14H19N3O2S. The minimum absolute atomic E-state index is 0.268. The molecule has 0 aliphatic heterocycles. The number of thiophene rings is 1. The number of aromatic nitrogens is 2. The zero-order valence-electron chi connectivity index (χ0n) is 11.9. The van der Waals surface area contributed by atoms with Crippen LogP contribution in [0.2, 0.25) is 0 Å². The summed E-state index contributed by atoms with van der Waals surface area (Å²) in [7, 11) is 3.17. The van der Waals surface area contributed by atoms with Gasteiger partial charge in [0.1, 0.15) is 0 Å². The standard InChI is InChI=1S/C14H19N3O2S/c1-10(6-11-4-5-20-9-11)15-8-12-7-13(18)17(3)14(19)16(12)2/h4-5,7,9-10,15H,6,8H2,1-3H3. The molecule has 2 aromatic rings. The van der Waals surface area contributed by atoms with Crippen LogP contribution in [-0.2, 0) is 27.1 Å². The second-order valence-corrected chi connectivity index (χ2v) is 5.77. The predicted molar refractivity (Wildman–Crippen MR) is 81.2 cm³/mol. The molecule has 0 bridgehead atoms. The van der Waals surface area contributed by atoms with Gasteiger partial charge >= 0.3 is 5.69 Å². The second kappa shape index (κ2) is 6.19. The van der Waals surface area contributed by atoms with E-state index in [0.717, 1.165) is 11.0 Å². The largest absolute Gasteiger partial charge is 0.330 e. The van der Waals surface area contributed by atoms with Gasteiger partial charge in [-0.3, -0.25) is 13.9 Å². The molecule has 0 amide bonds. The molecule has 2 rings (SSSR count). The number of rotatable bonds is 5. The fourth-order valence-electron chi connectivity index (χ4n) is 2.06. The van der Waals surface area contributed by atoms with Gasteiger partial charge in [-0.05, 0) is 35.7 Å². The van der Waals surface area contributed by atoms with Crippen LogP contribution < -0.4 is 16.6 Å². The third-order valence-electron chi connectivity index (χ3n) is 3.38. The summed E-state index contributed by atoms with van der Waals surface area (Å²) in [4.78, 5) is 23.4. The van der Waals surface area contributed by atoms with Crippen LogP contribution >= 0.6 is 11.3 Å². The minimum Gasteiger partial charge on any atom is -0.308 e. The van der Waals surface area contributed by atoms with Crippen LogP contribution in [0.25, 0.3) is 0 Å². The molecule has 0 spiro atoms. The van der Waals surface area contributed by atoms with Crippen LogP contribution in [0.5, 0.6) is 0 Å². The van der Waals surface area contributed by atoms with Crippen LogP contribution in [-0.4, -0.2) is 15.2 Å². The van der Waals surface area contributed by atoms with Gasteiger partial charge in [-0.2, -0.15) is 11.3 Å². The van der Waals surface area contributed by atoms with Crippen LogP contribution in [0.1, 0.15) is 18.2 Å². The number of hydrogen-bond donors (Lipinski definition) is 1. The van der Waals surface area contributed by atoms with Crippen molar-refractivity contribution in [1.82, 2.24) is 14.5 Å². The lowest BCUT2D eigenvalue weighted by molar-refractivity contribution is 0.520. The van der Waals surface area contributed by atoms with Crippen LogP contribution in [0.3, 0.4) is 0 Å². The average molecular weight is 293 g/mol. The van der Waals surface area contributed by atoms with E-state index >= 15 is 0 Å². The summed E-state index contributed by atoms with van der Waals surface area (Å²) in [5.41, 5.74) is 1.44. The Bertz CT molecular complexity index is 685. The van der Waals surface area contributed by atoms with E-state index in [-0.39, 0.29) is 17.3 Å². The minimum atomic E-state index is -0.292. The summed E-state index contributed by atoms with van der Waals surface area (Å²) < 4.78 is 2.62. The first-order chi connectivity index (χ1) is 9.49. The van der Waals surface area contributed by atoms with Gasteiger partial charge in [-0.25, -0.2) is 4.79 Å². The molecule has 0 aliphatic carbocycles. The molecule has 5 nitrogen and oxygen atoms in total. The number of nitrogens with zero attached hydrogens (tertiary/aromatic N) is 2. The van der Waals surface area contributed by atoms with E-state index in [1.807, 2.05) is 0 Å². The Kier molecular flexibility index (Phi) is 4.57. The first kappa shape index (κ1) is 14.7. The third-order valence-corrected chi connectivity index (χ3v) is 4.11. The maximum Gasteiger partial charge on any atom is 0.330 e. The Balaban J connectivity index is 2.04. The molecule has 0 aromatic carbocycles. The van der Waals surface area contributed by atoms with Crippen LogP contribution in [0.15, 0.2) is 32.5 Å². The third kappa shape index (κ3) is 3.26. The monoisotopic (exact) mass is 293 g/mol. The molecule has 108 valence electrons. The van der Waals surface area contributed by atoms with Crippen molar-refractivity contribution in [3.63, 3.8) is 0 Å². The molecule has 0 saturated heterocycles. The van der Waals surface area contributed by atoms with Crippen LogP contribution in [0, 0.1) is 0 Å². The number of hydrogen-bond acceptors (Lipinski definition) is 4. The zero-order chi connectivity index (χ0) is 14.7. The molecule has 2 heterocycles. The lowest BCUT2D eigenvalue weighted by atomic mass is 10.1. The highest BCUT2D eigenvalue weighted by atomic mass is 32.1. The average Bonchev–Trinajstić information content (AvgIpc) is 2.92. The highest BCUT2D eigenvalue weighted by molar-refractivity contribution is 7.07. The Morgan fingerprint density at radius 2 is 2.05 bits per heavy atom. The van der Waals surface area contributed by atoms with E-state index in [1.54, 1.807) is 18.4 Å². The molecule has 0 saturated carbocycles. The van der Waals surface area contributed by atoms with Gasteiger partial charge < -0.3 is 5.32 Å². The Morgan fingerprint density at radius 1 is 1.30 bits per heavy atom. The normalized spacial score (nSPS) is 12.6. The van der Waals surface area contributed by atoms with E-state index in [9.17, 15) is 9.59 Å². The van der Waals surface area contributed by atoms with Gasteiger partial charge in [0.15, 0.2) is 0 Å². The smallest absolute Gasteiger partial charge is 0.308 e. The Hall–Kier alpha value is -1.66. The second-order valence-electron chi connectivity index (χ2n) is 4.99. The van der Waals surface area contributed by atoms with Gasteiger partial charge in [0.25, 0.3) is 5.56 Å². The molecular weight excluding hydrogens is 274 g/mol. The van der Waals surface area contributed by atoms with Crippen molar-refractivity contribution in [1.29, 1.82) is 0 Å². The van der Waals surface area contributed by atoms with Gasteiger partial charge in [0, 0.05) is 38.4 Å². The van der Waals surface area contributed by atoms with E-state index in [0.29, 0.717) is 12.2 Å². The molecule has 1 N–H and O–H groups in total. The van der Waals surface area contributed by atoms with Gasteiger partial charge in [-0.15, -0.1) is 0 Å². The predicted octanol–water partition coefficient (Wildman–Crippen LogP) is 0.866. The Morgan fingerprint density at radius 3 is 2.70 bits per heavy atom. The van der Waals surface area contributed by atoms with Crippen molar-refractivity contribution >= 4 is 11.3 Å². The van der Waals surface area contributed by atoms with E-state index in [1.165, 1.54) is 23.2 Å². The summed E-state index contributed by atoms with van der Waals surface area (Å²) in [6.45, 7) is 2.60. The quantitative estimate of drug-likeness (QED) is 0.890. The van der Waals surface area contributed by atoms with Crippen molar-refractivity contribution in [2.75, 3.05) is 0 Å². The molecule has 2 aromatic heterocycles.